The van der Waals surface area contributed by atoms with E-state index in [2.05, 4.69) is 0 Å². The lowest BCUT2D eigenvalue weighted by atomic mass is 10.2. The van der Waals surface area contributed by atoms with Gasteiger partial charge in [-0.1, -0.05) is 41.0 Å². The Bertz CT molecular complexity index is 564. The van der Waals surface area contributed by atoms with Crippen LogP contribution in [0.5, 0.6) is 5.75 Å². The molecular weight excluding hydrogens is 243 g/mol. The number of hydrogen-bond donors (Lipinski definition) is 0. The van der Waals surface area contributed by atoms with Gasteiger partial charge in [0.15, 0.2) is 11.5 Å². The SMILES string of the molecule is COc1ccccc1C[P+](=O)c1ccccc1C. The van der Waals surface area contributed by atoms with Crippen molar-refractivity contribution in [1.29, 1.82) is 0 Å². The number of benzene rings is 2. The predicted molar refractivity (Wildman–Crippen MR) is 75.1 cm³/mol. The van der Waals surface area contributed by atoms with E-state index in [0.717, 1.165) is 22.2 Å². The highest BCUT2D eigenvalue weighted by atomic mass is 31.1. The lowest BCUT2D eigenvalue weighted by Crippen LogP contribution is -2.02. The molecule has 0 saturated carbocycles. The molecule has 3 heteroatoms. The Morgan fingerprint density at radius 2 is 1.72 bits per heavy atom. The summed E-state index contributed by atoms with van der Waals surface area (Å²) in [6, 6.07) is 15.5. The van der Waals surface area contributed by atoms with Gasteiger partial charge in [-0.2, -0.15) is 0 Å². The number of ether oxygens (including phenoxy) is 1. The zero-order valence-electron chi connectivity index (χ0n) is 10.6. The molecule has 0 radical (unpaired) electrons. The quantitative estimate of drug-likeness (QED) is 0.783. The van der Waals surface area contributed by atoms with E-state index in [1.807, 2.05) is 55.5 Å². The minimum Gasteiger partial charge on any atom is -0.496 e. The summed E-state index contributed by atoms with van der Waals surface area (Å²) >= 11 is 0. The van der Waals surface area contributed by atoms with Crippen molar-refractivity contribution in [1.82, 2.24) is 0 Å². The van der Waals surface area contributed by atoms with Crippen molar-refractivity contribution in [3.05, 3.63) is 59.7 Å². The van der Waals surface area contributed by atoms with Crippen molar-refractivity contribution >= 4 is 13.1 Å². The lowest BCUT2D eigenvalue weighted by Gasteiger charge is -2.03. The van der Waals surface area contributed by atoms with E-state index in [4.69, 9.17) is 4.74 Å². The first-order valence-electron chi connectivity index (χ1n) is 5.84. The van der Waals surface area contributed by atoms with Gasteiger partial charge < -0.3 is 4.74 Å². The molecule has 92 valence electrons. The fraction of sp³-hybridized carbons (Fsp3) is 0.200. The Labute approximate surface area is 108 Å². The van der Waals surface area contributed by atoms with Crippen molar-refractivity contribution in [3.8, 4) is 5.75 Å². The molecule has 0 aliphatic carbocycles. The maximum absolute atomic E-state index is 12.4. The van der Waals surface area contributed by atoms with Crippen LogP contribution in [0.15, 0.2) is 48.5 Å². The second-order valence-corrected chi connectivity index (χ2v) is 5.69. The minimum atomic E-state index is -1.42. The van der Waals surface area contributed by atoms with Gasteiger partial charge in [-0.25, -0.2) is 0 Å². The number of para-hydroxylation sites is 1. The Hall–Kier alpha value is -1.66. The molecule has 0 fully saturated rings. The second kappa shape index (κ2) is 5.79. The van der Waals surface area contributed by atoms with E-state index in [9.17, 15) is 4.57 Å². The summed E-state index contributed by atoms with van der Waals surface area (Å²) in [5.41, 5.74) is 2.07. The maximum atomic E-state index is 12.4. The van der Waals surface area contributed by atoms with Crippen LogP contribution < -0.4 is 10.0 Å². The van der Waals surface area contributed by atoms with E-state index in [0.29, 0.717) is 6.16 Å². The van der Waals surface area contributed by atoms with Crippen LogP contribution in [-0.2, 0) is 10.7 Å². The van der Waals surface area contributed by atoms with Crippen LogP contribution in [0.2, 0.25) is 0 Å². The number of methoxy groups -OCH3 is 1. The maximum Gasteiger partial charge on any atom is 0.382 e. The molecule has 2 nitrogen and oxygen atoms in total. The molecule has 0 saturated heterocycles. The van der Waals surface area contributed by atoms with E-state index in [1.54, 1.807) is 7.11 Å². The van der Waals surface area contributed by atoms with E-state index < -0.39 is 7.80 Å². The summed E-state index contributed by atoms with van der Waals surface area (Å²) in [6.45, 7) is 1.99. The molecule has 2 aromatic rings. The fourth-order valence-electron chi connectivity index (χ4n) is 1.92. The summed E-state index contributed by atoms with van der Waals surface area (Å²) in [7, 11) is 0.214. The van der Waals surface area contributed by atoms with Gasteiger partial charge in [0.05, 0.1) is 7.11 Å². The molecule has 0 amide bonds. The Kier molecular flexibility index (Phi) is 4.11. The molecule has 0 heterocycles. The van der Waals surface area contributed by atoms with Gasteiger partial charge >= 0.3 is 7.80 Å². The molecule has 2 aromatic carbocycles. The molecule has 18 heavy (non-hydrogen) atoms. The zero-order chi connectivity index (χ0) is 13.0. The summed E-state index contributed by atoms with van der Waals surface area (Å²) in [4.78, 5) is 0. The zero-order valence-corrected chi connectivity index (χ0v) is 11.5. The molecule has 2 rings (SSSR count). The van der Waals surface area contributed by atoms with Crippen molar-refractivity contribution in [2.24, 2.45) is 0 Å². The highest BCUT2D eigenvalue weighted by Gasteiger charge is 2.23. The molecule has 0 bridgehead atoms. The molecule has 0 spiro atoms. The number of aryl methyl sites for hydroxylation is 1. The molecule has 0 aliphatic rings. The van der Waals surface area contributed by atoms with Crippen molar-refractivity contribution < 1.29 is 9.30 Å². The standard InChI is InChI=1S/C15H16O2P/c1-12-7-3-6-10-15(12)18(16)11-13-8-4-5-9-14(13)17-2/h3-10H,11H2,1-2H3/q+1. The van der Waals surface area contributed by atoms with Crippen LogP contribution in [0.4, 0.5) is 0 Å². The van der Waals surface area contributed by atoms with Gasteiger partial charge in [-0.3, -0.25) is 0 Å². The summed E-state index contributed by atoms with van der Waals surface area (Å²) in [5, 5.41) is 0.929. The molecule has 1 atom stereocenters. The molecule has 0 aromatic heterocycles. The Balaban J connectivity index is 2.24. The van der Waals surface area contributed by atoms with Crippen LogP contribution in [0, 0.1) is 6.92 Å². The van der Waals surface area contributed by atoms with Crippen LogP contribution in [-0.4, -0.2) is 7.11 Å². The lowest BCUT2D eigenvalue weighted by molar-refractivity contribution is 0.411. The average Bonchev–Trinajstić information content (AvgIpc) is 2.39. The predicted octanol–water partition coefficient (Wildman–Crippen LogP) is 3.66. The van der Waals surface area contributed by atoms with Crippen LogP contribution in [0.3, 0.4) is 0 Å². The van der Waals surface area contributed by atoms with Crippen LogP contribution >= 0.6 is 7.80 Å². The van der Waals surface area contributed by atoms with Crippen LogP contribution in [0.1, 0.15) is 11.1 Å². The van der Waals surface area contributed by atoms with Crippen molar-refractivity contribution in [2.45, 2.75) is 13.1 Å². The average molecular weight is 259 g/mol. The third-order valence-corrected chi connectivity index (χ3v) is 4.56. The topological polar surface area (TPSA) is 26.3 Å². The summed E-state index contributed by atoms with van der Waals surface area (Å²) in [5.74, 6) is 0.800. The minimum absolute atomic E-state index is 0.518. The van der Waals surface area contributed by atoms with E-state index in [1.165, 1.54) is 0 Å². The smallest absolute Gasteiger partial charge is 0.382 e. The van der Waals surface area contributed by atoms with Gasteiger partial charge in [-0.05, 0) is 19.1 Å². The monoisotopic (exact) mass is 259 g/mol. The summed E-state index contributed by atoms with van der Waals surface area (Å²) in [6.07, 6.45) is 0.518. The highest BCUT2D eigenvalue weighted by Crippen LogP contribution is 2.31. The number of hydrogen-bond acceptors (Lipinski definition) is 2. The van der Waals surface area contributed by atoms with Crippen molar-refractivity contribution in [2.75, 3.05) is 7.11 Å². The van der Waals surface area contributed by atoms with Crippen LogP contribution in [0.25, 0.3) is 0 Å². The molecule has 0 N–H and O–H groups in total. The number of rotatable bonds is 4. The second-order valence-electron chi connectivity index (χ2n) is 4.13. The Morgan fingerprint density at radius 1 is 1.06 bits per heavy atom. The van der Waals surface area contributed by atoms with Gasteiger partial charge in [0.25, 0.3) is 0 Å². The van der Waals surface area contributed by atoms with Crippen molar-refractivity contribution in [3.63, 3.8) is 0 Å². The third kappa shape index (κ3) is 2.77. The molecule has 0 aliphatic heterocycles. The fourth-order valence-corrected chi connectivity index (χ4v) is 3.38. The Morgan fingerprint density at radius 3 is 2.44 bits per heavy atom. The first-order chi connectivity index (χ1) is 8.72. The van der Waals surface area contributed by atoms with E-state index >= 15 is 0 Å². The van der Waals surface area contributed by atoms with Gasteiger partial charge in [0.1, 0.15) is 5.75 Å². The third-order valence-electron chi connectivity index (χ3n) is 2.89. The molecular formula is C15H16O2P+. The highest BCUT2D eigenvalue weighted by molar-refractivity contribution is 7.52. The van der Waals surface area contributed by atoms with Gasteiger partial charge in [0.2, 0.25) is 0 Å². The molecule has 1 unspecified atom stereocenters. The normalized spacial score (nSPS) is 11.1. The first kappa shape index (κ1) is 12.8. The van der Waals surface area contributed by atoms with E-state index in [-0.39, 0.29) is 0 Å². The summed E-state index contributed by atoms with van der Waals surface area (Å²) < 4.78 is 17.7. The van der Waals surface area contributed by atoms with Gasteiger partial charge in [0, 0.05) is 11.1 Å². The first-order valence-corrected chi connectivity index (χ1v) is 7.29. The van der Waals surface area contributed by atoms with Gasteiger partial charge in [-0.15, -0.1) is 0 Å². The largest absolute Gasteiger partial charge is 0.496 e.